The topological polar surface area (TPSA) is 21.3 Å². The highest BCUT2D eigenvalue weighted by Gasteiger charge is 2.35. The smallest absolute Gasteiger partial charge is 0.127 e. The highest BCUT2D eigenvalue weighted by molar-refractivity contribution is 6.35. The normalized spacial score (nSPS) is 22.4. The Morgan fingerprint density at radius 1 is 1.29 bits per heavy atom. The minimum atomic E-state index is 0.158. The van der Waals surface area contributed by atoms with Gasteiger partial charge in [-0.3, -0.25) is 0 Å². The van der Waals surface area contributed by atoms with Gasteiger partial charge in [0.25, 0.3) is 0 Å². The molecule has 2 atom stereocenters. The molecular formula is C13H17Cl2NO. The fraction of sp³-hybridized carbons (Fsp3) is 0.538. The molecule has 2 rings (SSSR count). The molecule has 1 aromatic rings. The second-order valence-electron chi connectivity index (χ2n) is 4.28. The highest BCUT2D eigenvalue weighted by Crippen LogP contribution is 2.44. The Morgan fingerprint density at radius 2 is 2.06 bits per heavy atom. The van der Waals surface area contributed by atoms with Crippen LogP contribution in [-0.2, 0) is 0 Å². The van der Waals surface area contributed by atoms with Crippen molar-refractivity contribution in [1.82, 2.24) is 5.32 Å². The quantitative estimate of drug-likeness (QED) is 0.888. The Morgan fingerprint density at radius 3 is 2.71 bits per heavy atom. The third kappa shape index (κ3) is 2.54. The fourth-order valence-corrected chi connectivity index (χ4v) is 2.93. The molecule has 0 spiro atoms. The maximum Gasteiger partial charge on any atom is 0.127 e. The molecule has 4 heteroatoms. The summed E-state index contributed by atoms with van der Waals surface area (Å²) >= 11 is 12.3. The second kappa shape index (κ2) is 5.47. The molecule has 0 aliphatic carbocycles. The van der Waals surface area contributed by atoms with E-state index in [0.29, 0.717) is 10.0 Å². The van der Waals surface area contributed by atoms with Gasteiger partial charge in [-0.2, -0.15) is 0 Å². The number of ether oxygens (including phenoxy) is 1. The molecule has 0 amide bonds. The number of halogens is 2. The van der Waals surface area contributed by atoms with Crippen molar-refractivity contribution >= 4 is 23.2 Å². The van der Waals surface area contributed by atoms with Gasteiger partial charge >= 0.3 is 0 Å². The van der Waals surface area contributed by atoms with Crippen LogP contribution in [0.5, 0.6) is 5.75 Å². The lowest BCUT2D eigenvalue weighted by Gasteiger charge is -2.19. The summed E-state index contributed by atoms with van der Waals surface area (Å²) in [6.45, 7) is 5.14. The molecule has 2 unspecified atom stereocenters. The van der Waals surface area contributed by atoms with E-state index in [1.807, 2.05) is 6.07 Å². The summed E-state index contributed by atoms with van der Waals surface area (Å²) < 4.78 is 5.94. The number of nitrogens with one attached hydrogen (secondary N) is 1. The predicted molar refractivity (Wildman–Crippen MR) is 72.2 cm³/mol. The van der Waals surface area contributed by atoms with Gasteiger partial charge in [0.15, 0.2) is 0 Å². The first kappa shape index (κ1) is 13.0. The molecule has 0 saturated heterocycles. The monoisotopic (exact) mass is 273 g/mol. The molecule has 0 radical (unpaired) electrons. The van der Waals surface area contributed by atoms with Gasteiger partial charge in [-0.15, -0.1) is 0 Å². The van der Waals surface area contributed by atoms with Crippen LogP contribution in [0.25, 0.3) is 0 Å². The van der Waals surface area contributed by atoms with Crippen LogP contribution in [-0.4, -0.2) is 12.6 Å². The summed E-state index contributed by atoms with van der Waals surface area (Å²) in [6, 6.07) is 3.81. The highest BCUT2D eigenvalue weighted by atomic mass is 35.5. The molecular weight excluding hydrogens is 257 g/mol. The molecule has 0 saturated carbocycles. The van der Waals surface area contributed by atoms with E-state index in [1.165, 1.54) is 0 Å². The van der Waals surface area contributed by atoms with E-state index in [9.17, 15) is 0 Å². The molecule has 94 valence electrons. The van der Waals surface area contributed by atoms with E-state index in [2.05, 4.69) is 19.2 Å². The Kier molecular flexibility index (Phi) is 4.18. The zero-order valence-corrected chi connectivity index (χ0v) is 11.6. The number of rotatable bonds is 4. The standard InChI is InChI=1S/C13H17Cl2NO/c1-3-5-10-13(16-4-2)12-9(15)6-8(14)7-11(12)17-10/h6-7,10,13,16H,3-5H2,1-2H3. The molecule has 0 aromatic heterocycles. The van der Waals surface area contributed by atoms with E-state index in [1.54, 1.807) is 6.07 Å². The first-order chi connectivity index (χ1) is 8.17. The van der Waals surface area contributed by atoms with Crippen LogP contribution in [0.15, 0.2) is 12.1 Å². The first-order valence-electron chi connectivity index (χ1n) is 6.06. The number of fused-ring (bicyclic) bond motifs is 1. The largest absolute Gasteiger partial charge is 0.488 e. The maximum atomic E-state index is 6.27. The van der Waals surface area contributed by atoms with Gasteiger partial charge in [-0.05, 0) is 25.1 Å². The fourth-order valence-electron chi connectivity index (χ4n) is 2.34. The van der Waals surface area contributed by atoms with Crippen LogP contribution in [0.2, 0.25) is 10.0 Å². The first-order valence-corrected chi connectivity index (χ1v) is 6.82. The van der Waals surface area contributed by atoms with Crippen molar-refractivity contribution in [2.24, 2.45) is 0 Å². The molecule has 1 N–H and O–H groups in total. The van der Waals surface area contributed by atoms with Gasteiger partial charge in [-0.1, -0.05) is 43.5 Å². The lowest BCUT2D eigenvalue weighted by atomic mass is 10.0. The minimum absolute atomic E-state index is 0.158. The van der Waals surface area contributed by atoms with Crippen LogP contribution in [0.3, 0.4) is 0 Å². The maximum absolute atomic E-state index is 6.27. The average molecular weight is 274 g/mol. The summed E-state index contributed by atoms with van der Waals surface area (Å²) in [4.78, 5) is 0. The van der Waals surface area contributed by atoms with E-state index in [-0.39, 0.29) is 12.1 Å². The Labute approximate surface area is 112 Å². The summed E-state index contributed by atoms with van der Waals surface area (Å²) in [5.41, 5.74) is 1.05. The van der Waals surface area contributed by atoms with Crippen molar-refractivity contribution in [1.29, 1.82) is 0 Å². The molecule has 17 heavy (non-hydrogen) atoms. The molecule has 1 aliphatic heterocycles. The van der Waals surface area contributed by atoms with Gasteiger partial charge < -0.3 is 10.1 Å². The zero-order valence-electron chi connectivity index (χ0n) is 10.1. The van der Waals surface area contributed by atoms with Gasteiger partial charge in [0.2, 0.25) is 0 Å². The number of hydrogen-bond donors (Lipinski definition) is 1. The average Bonchev–Trinajstić information content (AvgIpc) is 2.58. The Bertz CT molecular complexity index is 409. The summed E-state index contributed by atoms with van der Waals surface area (Å²) in [5.74, 6) is 0.826. The molecule has 0 bridgehead atoms. The van der Waals surface area contributed by atoms with E-state index >= 15 is 0 Å². The lowest BCUT2D eigenvalue weighted by molar-refractivity contribution is 0.179. The van der Waals surface area contributed by atoms with E-state index in [4.69, 9.17) is 27.9 Å². The Hall–Kier alpha value is -0.440. The molecule has 1 aliphatic rings. The summed E-state index contributed by atoms with van der Waals surface area (Å²) in [7, 11) is 0. The van der Waals surface area contributed by atoms with Crippen molar-refractivity contribution in [2.75, 3.05) is 6.54 Å². The number of hydrogen-bond acceptors (Lipinski definition) is 2. The zero-order chi connectivity index (χ0) is 12.4. The SMILES string of the molecule is CCCC1Oc2cc(Cl)cc(Cl)c2C1NCC. The van der Waals surface area contributed by atoms with Crippen molar-refractivity contribution < 1.29 is 4.74 Å². The van der Waals surface area contributed by atoms with Crippen molar-refractivity contribution in [3.8, 4) is 5.75 Å². The molecule has 2 nitrogen and oxygen atoms in total. The van der Waals surface area contributed by atoms with Gasteiger partial charge in [-0.25, -0.2) is 0 Å². The van der Waals surface area contributed by atoms with Crippen molar-refractivity contribution in [3.05, 3.63) is 27.7 Å². The third-order valence-corrected chi connectivity index (χ3v) is 3.55. The van der Waals surface area contributed by atoms with Gasteiger partial charge in [0.1, 0.15) is 11.9 Å². The minimum Gasteiger partial charge on any atom is -0.488 e. The van der Waals surface area contributed by atoms with Crippen molar-refractivity contribution in [3.63, 3.8) is 0 Å². The van der Waals surface area contributed by atoms with Crippen LogP contribution in [0, 0.1) is 0 Å². The van der Waals surface area contributed by atoms with Crippen LogP contribution >= 0.6 is 23.2 Å². The van der Waals surface area contributed by atoms with Crippen molar-refractivity contribution in [2.45, 2.75) is 38.8 Å². The molecule has 1 aromatic carbocycles. The molecule has 1 heterocycles. The number of benzene rings is 1. The van der Waals surface area contributed by atoms with E-state index in [0.717, 1.165) is 30.7 Å². The Balaban J connectivity index is 2.36. The van der Waals surface area contributed by atoms with Crippen LogP contribution in [0.1, 0.15) is 38.3 Å². The number of likely N-dealkylation sites (N-methyl/N-ethyl adjacent to an activating group) is 1. The second-order valence-corrected chi connectivity index (χ2v) is 5.12. The summed E-state index contributed by atoms with van der Waals surface area (Å²) in [5, 5.41) is 4.76. The van der Waals surface area contributed by atoms with Gasteiger partial charge in [0.05, 0.1) is 11.1 Å². The van der Waals surface area contributed by atoms with E-state index < -0.39 is 0 Å². The summed E-state index contributed by atoms with van der Waals surface area (Å²) in [6.07, 6.45) is 2.26. The third-order valence-electron chi connectivity index (χ3n) is 3.01. The predicted octanol–water partition coefficient (Wildman–Crippen LogP) is 4.21. The van der Waals surface area contributed by atoms with Crippen LogP contribution < -0.4 is 10.1 Å². The van der Waals surface area contributed by atoms with Crippen LogP contribution in [0.4, 0.5) is 0 Å². The van der Waals surface area contributed by atoms with Gasteiger partial charge in [0, 0.05) is 10.6 Å². The molecule has 0 fully saturated rings. The lowest BCUT2D eigenvalue weighted by Crippen LogP contribution is -2.30.